The minimum atomic E-state index is -4.60. The number of halogens is 2. The number of hydrogen-bond donors (Lipinski definition) is 4. The van der Waals surface area contributed by atoms with Crippen molar-refractivity contribution < 1.29 is 42.8 Å². The normalized spacial score (nSPS) is 24.1. The van der Waals surface area contributed by atoms with Crippen LogP contribution in [0.4, 0.5) is 10.2 Å². The van der Waals surface area contributed by atoms with Gasteiger partial charge in [-0.3, -0.25) is 9.36 Å². The number of thioether (sulfide) groups is 1. The number of carbonyl (C=O) groups is 1. The van der Waals surface area contributed by atoms with Gasteiger partial charge in [0.05, 0.1) is 12.4 Å². The molecule has 13 nitrogen and oxygen atoms in total. The first-order chi connectivity index (χ1) is 16.9. The molecule has 17 heteroatoms. The molecule has 0 amide bonds. The summed E-state index contributed by atoms with van der Waals surface area (Å²) in [6.07, 6.45) is -1.97. The van der Waals surface area contributed by atoms with E-state index in [-0.39, 0.29) is 23.9 Å². The number of benzene rings is 1. The molecule has 1 aliphatic heterocycles. The molecule has 0 bridgehead atoms. The lowest BCUT2D eigenvalue weighted by Crippen LogP contribution is -2.34. The summed E-state index contributed by atoms with van der Waals surface area (Å²) in [5.74, 6) is -0.898. The Kier molecular flexibility index (Phi) is 9.38. The van der Waals surface area contributed by atoms with Crippen LogP contribution in [0.1, 0.15) is 12.3 Å². The molecule has 1 aliphatic rings. The molecule has 2 aromatic rings. The van der Waals surface area contributed by atoms with Crippen molar-refractivity contribution in [2.24, 2.45) is 0 Å². The van der Waals surface area contributed by atoms with E-state index in [4.69, 9.17) is 15.4 Å². The lowest BCUT2D eigenvalue weighted by molar-refractivity contribution is -0.143. The van der Waals surface area contributed by atoms with Gasteiger partial charge in [-0.05, 0) is 31.2 Å². The van der Waals surface area contributed by atoms with Gasteiger partial charge in [0.2, 0.25) is 5.75 Å². The maximum atomic E-state index is 14.8. The first kappa shape index (κ1) is 28.4. The molecule has 36 heavy (non-hydrogen) atoms. The number of esters is 1. The fourth-order valence-corrected chi connectivity index (χ4v) is 5.68. The predicted molar refractivity (Wildman–Crippen MR) is 130 cm³/mol. The predicted octanol–water partition coefficient (Wildman–Crippen LogP) is 1.54. The van der Waals surface area contributed by atoms with Crippen LogP contribution in [0.3, 0.4) is 0 Å². The number of hydrogen-bond acceptors (Lipinski definition) is 11. The van der Waals surface area contributed by atoms with E-state index >= 15 is 0 Å². The van der Waals surface area contributed by atoms with Crippen molar-refractivity contribution in [1.82, 2.24) is 14.6 Å². The standard InChI is InChI=1S/C19H23BrFN4O9PS/c1-9(18(27)31-2)24-35(29,30)34-33-11-4-3-10(20)7-12(11)32-8-13-16(26)15(21)17(36-13)25-6-5-14(22)23-19(25)28/h3-7,9,13,15-17,26H,8H2,1-2H3,(H2,22,23,28)(H2,24,29,30)/t9-,13+,15-,16+,17+/m0/s1. The monoisotopic (exact) mass is 612 g/mol. The van der Waals surface area contributed by atoms with Crippen LogP contribution >= 0.6 is 35.4 Å². The second-order valence-corrected chi connectivity index (χ2v) is 11.2. The van der Waals surface area contributed by atoms with Crippen LogP contribution in [0.2, 0.25) is 0 Å². The number of nitrogens with zero attached hydrogens (tertiary/aromatic N) is 2. The zero-order valence-electron chi connectivity index (χ0n) is 18.8. The number of ether oxygens (including phenoxy) is 2. The smallest absolute Gasteiger partial charge is 0.440 e. The van der Waals surface area contributed by atoms with E-state index in [0.29, 0.717) is 4.47 Å². The lowest BCUT2D eigenvalue weighted by atomic mass is 10.1. The molecular weight excluding hydrogens is 590 g/mol. The van der Waals surface area contributed by atoms with Crippen molar-refractivity contribution in [2.75, 3.05) is 19.5 Å². The molecule has 6 atom stereocenters. The third-order valence-electron chi connectivity index (χ3n) is 4.87. The van der Waals surface area contributed by atoms with E-state index in [1.807, 2.05) is 5.09 Å². The summed E-state index contributed by atoms with van der Waals surface area (Å²) < 4.78 is 43.3. The fraction of sp³-hybridized carbons (Fsp3) is 0.421. The Morgan fingerprint density at radius 1 is 1.42 bits per heavy atom. The summed E-state index contributed by atoms with van der Waals surface area (Å²) in [7, 11) is -3.49. The number of nitrogen functional groups attached to an aromatic ring is 1. The molecule has 0 spiro atoms. The molecule has 5 N–H and O–H groups in total. The summed E-state index contributed by atoms with van der Waals surface area (Å²) in [5.41, 5.74) is 4.71. The van der Waals surface area contributed by atoms with Gasteiger partial charge in [0.15, 0.2) is 11.9 Å². The maximum absolute atomic E-state index is 14.8. The van der Waals surface area contributed by atoms with Crippen molar-refractivity contribution in [3.63, 3.8) is 0 Å². The van der Waals surface area contributed by atoms with E-state index < -0.39 is 48.3 Å². The molecule has 1 fully saturated rings. The van der Waals surface area contributed by atoms with Gasteiger partial charge < -0.3 is 30.1 Å². The number of nitrogens with one attached hydrogen (secondary N) is 1. The Bertz CT molecular complexity index is 1210. The van der Waals surface area contributed by atoms with Crippen molar-refractivity contribution in [2.45, 2.75) is 35.9 Å². The van der Waals surface area contributed by atoms with E-state index in [1.165, 1.54) is 37.4 Å². The van der Waals surface area contributed by atoms with Gasteiger partial charge in [-0.1, -0.05) is 20.6 Å². The van der Waals surface area contributed by atoms with Crippen LogP contribution in [0, 0.1) is 0 Å². The van der Waals surface area contributed by atoms with Gasteiger partial charge in [0.25, 0.3) is 0 Å². The van der Waals surface area contributed by atoms with Gasteiger partial charge in [-0.2, -0.15) is 4.98 Å². The Hall–Kier alpha value is -2.20. The van der Waals surface area contributed by atoms with Crippen LogP contribution in [0.25, 0.3) is 0 Å². The maximum Gasteiger partial charge on any atom is 0.440 e. The van der Waals surface area contributed by atoms with E-state index in [9.17, 15) is 28.5 Å². The Balaban J connectivity index is 1.67. The number of aliphatic hydroxyl groups excluding tert-OH is 1. The second-order valence-electron chi connectivity index (χ2n) is 7.50. The number of aromatic nitrogens is 2. The van der Waals surface area contributed by atoms with Gasteiger partial charge >= 0.3 is 19.4 Å². The minimum Gasteiger partial charge on any atom is -0.488 e. The molecule has 0 saturated carbocycles. The molecule has 3 rings (SSSR count). The zero-order valence-corrected chi connectivity index (χ0v) is 22.1. The van der Waals surface area contributed by atoms with Crippen LogP contribution in [-0.2, 0) is 18.8 Å². The van der Waals surface area contributed by atoms with Crippen molar-refractivity contribution in [1.29, 1.82) is 0 Å². The van der Waals surface area contributed by atoms with E-state index in [2.05, 4.69) is 30.3 Å². The molecule has 198 valence electrons. The highest BCUT2D eigenvalue weighted by Crippen LogP contribution is 2.44. The third kappa shape index (κ3) is 6.97. The van der Waals surface area contributed by atoms with E-state index in [1.54, 1.807) is 0 Å². The molecule has 2 heterocycles. The number of aliphatic hydroxyl groups is 1. The highest BCUT2D eigenvalue weighted by molar-refractivity contribution is 9.10. The van der Waals surface area contributed by atoms with Crippen LogP contribution < -0.4 is 26.1 Å². The Morgan fingerprint density at radius 3 is 2.81 bits per heavy atom. The topological polar surface area (TPSA) is 184 Å². The first-order valence-electron chi connectivity index (χ1n) is 10.2. The first-order valence-corrected chi connectivity index (χ1v) is 13.5. The average molecular weight is 613 g/mol. The largest absolute Gasteiger partial charge is 0.488 e. The molecular formula is C19H23BrFN4O9PS. The zero-order chi connectivity index (χ0) is 26.6. The fourth-order valence-electron chi connectivity index (χ4n) is 3.11. The number of methoxy groups -OCH3 is 1. The number of nitrogens with two attached hydrogens (primary N) is 1. The quantitative estimate of drug-likeness (QED) is 0.131. The van der Waals surface area contributed by atoms with Gasteiger partial charge in [0.1, 0.15) is 29.9 Å². The number of rotatable bonds is 10. The molecule has 1 saturated heterocycles. The van der Waals surface area contributed by atoms with Gasteiger partial charge in [-0.25, -0.2) is 18.8 Å². The molecule has 0 aliphatic carbocycles. The SMILES string of the molecule is COC(=O)[C@H](C)NP(=O)(O)OOc1ccc(Br)cc1OC[C@H]1S[C@@H](n2ccc(N)nc2=O)[C@@H](F)[C@@H]1O. The summed E-state index contributed by atoms with van der Waals surface area (Å²) in [6, 6.07) is 4.53. The van der Waals surface area contributed by atoms with Gasteiger partial charge in [-0.15, -0.1) is 11.8 Å². The van der Waals surface area contributed by atoms with Crippen LogP contribution in [0.5, 0.6) is 11.5 Å². The molecule has 1 unspecified atom stereocenters. The Morgan fingerprint density at radius 2 is 2.14 bits per heavy atom. The molecule has 0 radical (unpaired) electrons. The summed E-state index contributed by atoms with van der Waals surface area (Å²) in [6.45, 7) is 1.07. The van der Waals surface area contributed by atoms with Crippen LogP contribution in [-0.4, -0.2) is 62.8 Å². The van der Waals surface area contributed by atoms with Crippen molar-refractivity contribution >= 4 is 47.2 Å². The summed E-state index contributed by atoms with van der Waals surface area (Å²) >= 11 is 4.23. The summed E-state index contributed by atoms with van der Waals surface area (Å²) in [5, 5.41) is 10.6. The number of alkyl halides is 1. The minimum absolute atomic E-state index is 0.0122. The molecule has 1 aromatic heterocycles. The highest BCUT2D eigenvalue weighted by atomic mass is 79.9. The van der Waals surface area contributed by atoms with Crippen molar-refractivity contribution in [3.05, 3.63) is 45.4 Å². The second kappa shape index (κ2) is 11.9. The highest BCUT2D eigenvalue weighted by Gasteiger charge is 2.45. The third-order valence-corrected chi connectivity index (χ3v) is 7.88. The van der Waals surface area contributed by atoms with E-state index in [0.717, 1.165) is 23.4 Å². The number of carbonyl (C=O) groups excluding carboxylic acids is 1. The summed E-state index contributed by atoms with van der Waals surface area (Å²) in [4.78, 5) is 42.0. The Labute approximate surface area is 216 Å². The van der Waals surface area contributed by atoms with Crippen molar-refractivity contribution in [3.8, 4) is 11.5 Å². The molecule has 1 aromatic carbocycles. The number of anilines is 1. The average Bonchev–Trinajstić information content (AvgIpc) is 3.09. The lowest BCUT2D eigenvalue weighted by Gasteiger charge is -2.18. The van der Waals surface area contributed by atoms with Gasteiger partial charge in [0, 0.05) is 10.7 Å². The van der Waals surface area contributed by atoms with Crippen LogP contribution in [0.15, 0.2) is 39.7 Å².